The van der Waals surface area contributed by atoms with Gasteiger partial charge in [0.2, 0.25) is 5.91 Å². The highest BCUT2D eigenvalue weighted by Gasteiger charge is 2.41. The molecule has 0 aromatic rings. The molecule has 2 fully saturated rings. The van der Waals surface area contributed by atoms with Crippen LogP contribution in [0.15, 0.2) is 0 Å². The van der Waals surface area contributed by atoms with E-state index in [1.165, 1.54) is 0 Å². The van der Waals surface area contributed by atoms with Gasteiger partial charge in [-0.2, -0.15) is 0 Å². The molecule has 2 unspecified atom stereocenters. The van der Waals surface area contributed by atoms with Gasteiger partial charge in [0.25, 0.3) is 0 Å². The quantitative estimate of drug-likeness (QED) is 0.698. The fourth-order valence-corrected chi connectivity index (χ4v) is 3.10. The average Bonchev–Trinajstić information content (AvgIpc) is 2.46. The zero-order valence-electron chi connectivity index (χ0n) is 11.8. The summed E-state index contributed by atoms with van der Waals surface area (Å²) in [6.45, 7) is 1.05. The van der Waals surface area contributed by atoms with Gasteiger partial charge in [0.1, 0.15) is 0 Å². The van der Waals surface area contributed by atoms with Crippen LogP contribution >= 0.6 is 0 Å². The van der Waals surface area contributed by atoms with Gasteiger partial charge in [0.05, 0.1) is 11.3 Å². The summed E-state index contributed by atoms with van der Waals surface area (Å²) in [5.41, 5.74) is 5.10. The van der Waals surface area contributed by atoms with Crippen LogP contribution in [0.4, 0.5) is 0 Å². The average molecular weight is 284 g/mol. The number of aliphatic carboxylic acids is 1. The van der Waals surface area contributed by atoms with Crippen molar-refractivity contribution in [1.82, 2.24) is 5.32 Å². The van der Waals surface area contributed by atoms with Crippen LogP contribution in [0.5, 0.6) is 0 Å². The molecule has 0 radical (unpaired) electrons. The number of hydrogen-bond acceptors (Lipinski definition) is 4. The van der Waals surface area contributed by atoms with E-state index in [4.69, 9.17) is 10.5 Å². The third kappa shape index (κ3) is 3.30. The van der Waals surface area contributed by atoms with Crippen molar-refractivity contribution >= 4 is 11.9 Å². The molecule has 1 saturated heterocycles. The molecule has 0 aromatic carbocycles. The molecule has 0 aromatic heterocycles. The number of amides is 1. The van der Waals surface area contributed by atoms with E-state index >= 15 is 0 Å². The molecule has 2 atom stereocenters. The summed E-state index contributed by atoms with van der Waals surface area (Å²) in [4.78, 5) is 23.7. The maximum Gasteiger partial charge on any atom is 0.311 e. The van der Waals surface area contributed by atoms with Crippen molar-refractivity contribution in [2.45, 2.75) is 44.6 Å². The topological polar surface area (TPSA) is 102 Å². The van der Waals surface area contributed by atoms with Crippen molar-refractivity contribution in [2.24, 2.45) is 17.1 Å². The summed E-state index contributed by atoms with van der Waals surface area (Å²) in [6, 6.07) is -0.0979. The lowest BCUT2D eigenvalue weighted by Crippen LogP contribution is -2.50. The van der Waals surface area contributed by atoms with Crippen molar-refractivity contribution in [3.8, 4) is 0 Å². The minimum atomic E-state index is -0.882. The monoisotopic (exact) mass is 284 g/mol. The molecular weight excluding hydrogens is 260 g/mol. The fourth-order valence-electron chi connectivity index (χ4n) is 3.10. The van der Waals surface area contributed by atoms with Crippen LogP contribution in [0, 0.1) is 11.3 Å². The third-order valence-corrected chi connectivity index (χ3v) is 4.66. The Labute approximate surface area is 119 Å². The number of carboxylic acid groups (broad SMARTS) is 1. The minimum Gasteiger partial charge on any atom is -0.481 e. The molecule has 2 aliphatic rings. The lowest BCUT2D eigenvalue weighted by Gasteiger charge is -2.34. The molecule has 1 aliphatic carbocycles. The first-order chi connectivity index (χ1) is 9.55. The van der Waals surface area contributed by atoms with Gasteiger partial charge in [-0.3, -0.25) is 9.59 Å². The molecule has 1 heterocycles. The van der Waals surface area contributed by atoms with Crippen molar-refractivity contribution in [3.63, 3.8) is 0 Å². The summed E-state index contributed by atoms with van der Waals surface area (Å²) in [7, 11) is 0. The van der Waals surface area contributed by atoms with E-state index in [1.807, 2.05) is 0 Å². The number of nitrogens with two attached hydrogens (primary N) is 1. The zero-order valence-corrected chi connectivity index (χ0v) is 11.8. The first-order valence-corrected chi connectivity index (χ1v) is 7.40. The summed E-state index contributed by atoms with van der Waals surface area (Å²) >= 11 is 0. The summed E-state index contributed by atoms with van der Waals surface area (Å²) in [6.07, 6.45) is 4.65. The second-order valence-corrected chi connectivity index (χ2v) is 5.97. The molecular formula is C14H24N2O4. The Balaban J connectivity index is 1.91. The third-order valence-electron chi connectivity index (χ3n) is 4.66. The highest BCUT2D eigenvalue weighted by molar-refractivity contribution is 5.81. The SMILES string of the molecule is NC1CCCCC1C(=O)NCC1(C(=O)O)CCOCC1. The van der Waals surface area contributed by atoms with Gasteiger partial charge in [-0.25, -0.2) is 0 Å². The van der Waals surface area contributed by atoms with Gasteiger partial charge in [-0.05, 0) is 25.7 Å². The fraction of sp³-hybridized carbons (Fsp3) is 0.857. The van der Waals surface area contributed by atoms with Crippen molar-refractivity contribution < 1.29 is 19.4 Å². The summed E-state index contributed by atoms with van der Waals surface area (Å²) in [5.74, 6) is -1.12. The smallest absolute Gasteiger partial charge is 0.311 e. The van der Waals surface area contributed by atoms with E-state index in [0.717, 1.165) is 25.7 Å². The Bertz CT molecular complexity index is 366. The molecule has 1 aliphatic heterocycles. The molecule has 114 valence electrons. The largest absolute Gasteiger partial charge is 0.481 e. The standard InChI is InChI=1S/C14H24N2O4/c15-11-4-2-1-3-10(11)12(17)16-9-14(13(18)19)5-7-20-8-6-14/h10-11H,1-9,15H2,(H,16,17)(H,18,19). The van der Waals surface area contributed by atoms with Gasteiger partial charge < -0.3 is 20.9 Å². The maximum absolute atomic E-state index is 12.2. The first-order valence-electron chi connectivity index (χ1n) is 7.40. The molecule has 4 N–H and O–H groups in total. The van der Waals surface area contributed by atoms with Gasteiger partial charge in [-0.15, -0.1) is 0 Å². The highest BCUT2D eigenvalue weighted by Crippen LogP contribution is 2.30. The van der Waals surface area contributed by atoms with Gasteiger partial charge in [0, 0.05) is 25.8 Å². The Morgan fingerprint density at radius 2 is 1.90 bits per heavy atom. The predicted molar refractivity (Wildman–Crippen MR) is 73.1 cm³/mol. The number of nitrogens with one attached hydrogen (secondary N) is 1. The Morgan fingerprint density at radius 3 is 2.50 bits per heavy atom. The van der Waals surface area contributed by atoms with Crippen LogP contribution in [0.2, 0.25) is 0 Å². The Hall–Kier alpha value is -1.14. The first kappa shape index (κ1) is 15.3. The molecule has 2 rings (SSSR count). The number of hydrogen-bond donors (Lipinski definition) is 3. The minimum absolute atomic E-state index is 0.0932. The molecule has 0 spiro atoms. The van der Waals surface area contributed by atoms with Gasteiger partial charge >= 0.3 is 5.97 Å². The van der Waals surface area contributed by atoms with E-state index in [1.54, 1.807) is 0 Å². The van der Waals surface area contributed by atoms with Crippen LogP contribution in [0.25, 0.3) is 0 Å². The van der Waals surface area contributed by atoms with Crippen molar-refractivity contribution in [2.75, 3.05) is 19.8 Å². The number of carbonyl (C=O) groups excluding carboxylic acids is 1. The van der Waals surface area contributed by atoms with Crippen molar-refractivity contribution in [3.05, 3.63) is 0 Å². The van der Waals surface area contributed by atoms with Gasteiger partial charge in [0.15, 0.2) is 0 Å². The second kappa shape index (κ2) is 6.54. The predicted octanol–water partition coefficient (Wildman–Crippen LogP) is 0.501. The molecule has 1 saturated carbocycles. The van der Waals surface area contributed by atoms with E-state index in [0.29, 0.717) is 26.1 Å². The van der Waals surface area contributed by atoms with E-state index < -0.39 is 11.4 Å². The Morgan fingerprint density at radius 1 is 1.25 bits per heavy atom. The number of rotatable bonds is 4. The molecule has 20 heavy (non-hydrogen) atoms. The Kier molecular flexibility index (Phi) is 4.99. The zero-order chi connectivity index (χ0) is 14.6. The molecule has 0 bridgehead atoms. The number of carboxylic acids is 1. The van der Waals surface area contributed by atoms with Crippen LogP contribution in [-0.2, 0) is 14.3 Å². The second-order valence-electron chi connectivity index (χ2n) is 5.97. The highest BCUT2D eigenvalue weighted by atomic mass is 16.5. The van der Waals surface area contributed by atoms with Crippen LogP contribution < -0.4 is 11.1 Å². The van der Waals surface area contributed by atoms with Crippen LogP contribution in [-0.4, -0.2) is 42.8 Å². The number of ether oxygens (including phenoxy) is 1. The normalized spacial score (nSPS) is 29.6. The van der Waals surface area contributed by atoms with E-state index in [9.17, 15) is 14.7 Å². The molecule has 6 nitrogen and oxygen atoms in total. The van der Waals surface area contributed by atoms with E-state index in [-0.39, 0.29) is 24.4 Å². The molecule has 1 amide bonds. The maximum atomic E-state index is 12.2. The molecule has 6 heteroatoms. The number of carbonyl (C=O) groups is 2. The van der Waals surface area contributed by atoms with Crippen LogP contribution in [0.3, 0.4) is 0 Å². The lowest BCUT2D eigenvalue weighted by molar-refractivity contribution is -0.154. The van der Waals surface area contributed by atoms with Crippen LogP contribution in [0.1, 0.15) is 38.5 Å². The summed E-state index contributed by atoms with van der Waals surface area (Å²) < 4.78 is 5.22. The summed E-state index contributed by atoms with van der Waals surface area (Å²) in [5, 5.41) is 12.3. The van der Waals surface area contributed by atoms with Gasteiger partial charge in [-0.1, -0.05) is 12.8 Å². The lowest BCUT2D eigenvalue weighted by atomic mass is 9.79. The van der Waals surface area contributed by atoms with E-state index in [2.05, 4.69) is 5.32 Å². The van der Waals surface area contributed by atoms with Crippen molar-refractivity contribution in [1.29, 1.82) is 0 Å².